The summed E-state index contributed by atoms with van der Waals surface area (Å²) < 4.78 is 32.0. The number of ketones is 1. The van der Waals surface area contributed by atoms with Gasteiger partial charge in [0, 0.05) is 25.9 Å². The number of aliphatic hydroxyl groups is 1. The second kappa shape index (κ2) is 7.49. The first kappa shape index (κ1) is 19.7. The van der Waals surface area contributed by atoms with E-state index in [9.17, 15) is 18.3 Å². The summed E-state index contributed by atoms with van der Waals surface area (Å²) in [5.74, 6) is -0.360. The Morgan fingerprint density at radius 3 is 2.52 bits per heavy atom. The van der Waals surface area contributed by atoms with E-state index in [2.05, 4.69) is 10.2 Å². The fraction of sp³-hybridized carbons (Fsp3) is 0.500. The summed E-state index contributed by atoms with van der Waals surface area (Å²) in [5.41, 5.74) is -0.0789. The second-order valence-corrected chi connectivity index (χ2v) is 9.39. The average molecular weight is 393 g/mol. The molecule has 0 amide bonds. The fourth-order valence-electron chi connectivity index (χ4n) is 3.14. The molecule has 1 aromatic carbocycles. The summed E-state index contributed by atoms with van der Waals surface area (Å²) in [6.45, 7) is 5.14. The summed E-state index contributed by atoms with van der Waals surface area (Å²) in [5, 5.41) is 18.0. The van der Waals surface area contributed by atoms with Gasteiger partial charge in [0.1, 0.15) is 5.76 Å². The molecule has 0 atom stereocenters. The molecule has 0 aromatic heterocycles. The zero-order chi connectivity index (χ0) is 19.7. The highest BCUT2D eigenvalue weighted by atomic mass is 32.2. The Balaban J connectivity index is 1.84. The molecule has 0 saturated carbocycles. The maximum Gasteiger partial charge on any atom is 0.243 e. The Hall–Kier alpha value is -2.10. The Bertz CT molecular complexity index is 899. The molecule has 1 saturated heterocycles. The minimum absolute atomic E-state index is 0.0595. The predicted molar refractivity (Wildman–Crippen MR) is 98.2 cm³/mol. The van der Waals surface area contributed by atoms with Gasteiger partial charge in [-0.1, -0.05) is 19.9 Å². The zero-order valence-electron chi connectivity index (χ0n) is 15.4. The van der Waals surface area contributed by atoms with Gasteiger partial charge < -0.3 is 9.84 Å². The van der Waals surface area contributed by atoms with Crippen molar-refractivity contribution in [3.05, 3.63) is 35.7 Å². The highest BCUT2D eigenvalue weighted by molar-refractivity contribution is 7.89. The maximum atomic E-state index is 12.7. The Kier molecular flexibility index (Phi) is 5.45. The van der Waals surface area contributed by atoms with E-state index in [0.29, 0.717) is 38.4 Å². The van der Waals surface area contributed by atoms with Crippen molar-refractivity contribution in [1.29, 1.82) is 0 Å². The lowest BCUT2D eigenvalue weighted by molar-refractivity contribution is -0.118. The van der Waals surface area contributed by atoms with E-state index < -0.39 is 10.0 Å². The molecule has 9 heteroatoms. The first-order chi connectivity index (χ1) is 12.7. The van der Waals surface area contributed by atoms with Crippen LogP contribution in [0.15, 0.2) is 50.8 Å². The molecule has 1 N–H and O–H groups in total. The predicted octanol–water partition coefficient (Wildman–Crippen LogP) is 2.95. The summed E-state index contributed by atoms with van der Waals surface area (Å²) in [6, 6.07) is 6.07. The summed E-state index contributed by atoms with van der Waals surface area (Å²) in [7, 11) is -3.64. The number of Topliss-reactive ketones (excluding diaryl/α,β-unsaturated/α-hetero) is 1. The highest BCUT2D eigenvalue weighted by Gasteiger charge is 2.33. The van der Waals surface area contributed by atoms with Crippen molar-refractivity contribution in [2.45, 2.75) is 31.6 Å². The van der Waals surface area contributed by atoms with Crippen LogP contribution in [0.2, 0.25) is 0 Å². The minimum atomic E-state index is -3.64. The number of aliphatic hydroxyl groups excluding tert-OH is 1. The van der Waals surface area contributed by atoms with Crippen LogP contribution in [0.3, 0.4) is 0 Å². The van der Waals surface area contributed by atoms with Crippen molar-refractivity contribution in [3.63, 3.8) is 0 Å². The van der Waals surface area contributed by atoms with Crippen LogP contribution in [0.4, 0.5) is 5.69 Å². The number of allylic oxidation sites excluding steroid dienone is 2. The molecule has 1 aliphatic heterocycles. The first-order valence-corrected chi connectivity index (χ1v) is 10.2. The summed E-state index contributed by atoms with van der Waals surface area (Å²) >= 11 is 0. The van der Waals surface area contributed by atoms with Crippen LogP contribution < -0.4 is 0 Å². The molecular formula is C18H23N3O5S. The van der Waals surface area contributed by atoms with Gasteiger partial charge in [0.05, 0.1) is 23.8 Å². The smallest absolute Gasteiger partial charge is 0.243 e. The molecule has 1 aliphatic carbocycles. The number of hydrogen-bond donors (Lipinski definition) is 1. The molecule has 3 rings (SSSR count). The molecule has 8 nitrogen and oxygen atoms in total. The zero-order valence-corrected chi connectivity index (χ0v) is 16.2. The van der Waals surface area contributed by atoms with Crippen molar-refractivity contribution in [2.24, 2.45) is 15.6 Å². The fourth-order valence-corrected chi connectivity index (χ4v) is 4.59. The normalized spacial score (nSPS) is 21.8. The molecule has 1 aromatic rings. The van der Waals surface area contributed by atoms with Crippen LogP contribution in [-0.2, 0) is 19.6 Å². The molecule has 0 spiro atoms. The Morgan fingerprint density at radius 2 is 1.85 bits per heavy atom. The molecule has 0 radical (unpaired) electrons. The van der Waals surface area contributed by atoms with Crippen molar-refractivity contribution in [3.8, 4) is 0 Å². The Labute approximate surface area is 158 Å². The number of rotatable bonds is 4. The molecule has 2 aliphatic rings. The quantitative estimate of drug-likeness (QED) is 0.791. The van der Waals surface area contributed by atoms with E-state index in [-0.39, 0.29) is 34.0 Å². The lowest BCUT2D eigenvalue weighted by Gasteiger charge is -2.27. The van der Waals surface area contributed by atoms with Crippen molar-refractivity contribution >= 4 is 21.5 Å². The number of carbonyl (C=O) groups excluding carboxylic acids is 1. The van der Waals surface area contributed by atoms with Crippen LogP contribution in [-0.4, -0.2) is 49.9 Å². The van der Waals surface area contributed by atoms with Crippen LogP contribution in [0, 0.1) is 5.41 Å². The standard InChI is InChI=1S/C18H23N3O5S/c1-18(2)11-15(22)17(16(23)12-18)20-19-13-4-3-5-14(10-13)27(24,25)21-6-8-26-9-7-21/h3-5,10,22H,6-9,11-12H2,1-2H3. The number of ether oxygens (including phenoxy) is 1. The van der Waals surface area contributed by atoms with Crippen molar-refractivity contribution in [2.75, 3.05) is 26.3 Å². The summed E-state index contributed by atoms with van der Waals surface area (Å²) in [4.78, 5) is 12.3. The van der Waals surface area contributed by atoms with E-state index in [1.54, 1.807) is 12.1 Å². The van der Waals surface area contributed by atoms with Crippen LogP contribution in [0.5, 0.6) is 0 Å². The van der Waals surface area contributed by atoms with E-state index in [1.807, 2.05) is 13.8 Å². The second-order valence-electron chi connectivity index (χ2n) is 7.45. The van der Waals surface area contributed by atoms with Gasteiger partial charge in [-0.05, 0) is 23.6 Å². The largest absolute Gasteiger partial charge is 0.510 e. The van der Waals surface area contributed by atoms with Crippen LogP contribution in [0.1, 0.15) is 26.7 Å². The van der Waals surface area contributed by atoms with Gasteiger partial charge in [-0.25, -0.2) is 8.42 Å². The number of nitrogens with zero attached hydrogens (tertiary/aromatic N) is 3. The van der Waals surface area contributed by atoms with E-state index in [4.69, 9.17) is 4.74 Å². The number of benzene rings is 1. The lowest BCUT2D eigenvalue weighted by atomic mass is 9.78. The van der Waals surface area contributed by atoms with Gasteiger partial charge in [0.2, 0.25) is 10.0 Å². The van der Waals surface area contributed by atoms with Gasteiger partial charge in [0.15, 0.2) is 11.5 Å². The van der Waals surface area contributed by atoms with Crippen molar-refractivity contribution in [1.82, 2.24) is 4.31 Å². The van der Waals surface area contributed by atoms with Crippen molar-refractivity contribution < 1.29 is 23.1 Å². The molecule has 1 fully saturated rings. The van der Waals surface area contributed by atoms with E-state index >= 15 is 0 Å². The van der Waals surface area contributed by atoms with Crippen LogP contribution in [0.25, 0.3) is 0 Å². The van der Waals surface area contributed by atoms with E-state index in [1.165, 1.54) is 16.4 Å². The molecule has 0 bridgehead atoms. The molecule has 27 heavy (non-hydrogen) atoms. The van der Waals surface area contributed by atoms with Gasteiger partial charge >= 0.3 is 0 Å². The SMILES string of the molecule is CC1(C)CC(=O)C(N=Nc2cccc(S(=O)(=O)N3CCOCC3)c2)=C(O)C1. The first-order valence-electron chi connectivity index (χ1n) is 8.74. The highest BCUT2D eigenvalue weighted by Crippen LogP contribution is 2.36. The maximum absolute atomic E-state index is 12.7. The average Bonchev–Trinajstić information content (AvgIpc) is 2.61. The third-order valence-corrected chi connectivity index (χ3v) is 6.41. The number of sulfonamides is 1. The topological polar surface area (TPSA) is 109 Å². The Morgan fingerprint density at radius 1 is 1.15 bits per heavy atom. The number of carbonyl (C=O) groups is 1. The minimum Gasteiger partial charge on any atom is -0.510 e. The van der Waals surface area contributed by atoms with Crippen LogP contribution >= 0.6 is 0 Å². The van der Waals surface area contributed by atoms with Gasteiger partial charge in [-0.2, -0.15) is 9.42 Å². The van der Waals surface area contributed by atoms with E-state index in [0.717, 1.165) is 0 Å². The van der Waals surface area contributed by atoms with Gasteiger partial charge in [0.25, 0.3) is 0 Å². The van der Waals surface area contributed by atoms with Gasteiger partial charge in [-0.3, -0.25) is 4.79 Å². The summed E-state index contributed by atoms with van der Waals surface area (Å²) in [6.07, 6.45) is 0.620. The third kappa shape index (κ3) is 4.42. The molecule has 1 heterocycles. The number of azo groups is 1. The van der Waals surface area contributed by atoms with Gasteiger partial charge in [-0.15, -0.1) is 5.11 Å². The molecule has 146 valence electrons. The third-order valence-electron chi connectivity index (χ3n) is 4.51. The number of hydrogen-bond acceptors (Lipinski definition) is 7. The molecule has 0 unspecified atom stereocenters. The monoisotopic (exact) mass is 393 g/mol. The lowest BCUT2D eigenvalue weighted by Crippen LogP contribution is -2.40. The molecular weight excluding hydrogens is 370 g/mol. The number of morpholine rings is 1.